The van der Waals surface area contributed by atoms with Gasteiger partial charge >= 0.3 is 5.97 Å². The van der Waals surface area contributed by atoms with Crippen molar-refractivity contribution in [2.45, 2.75) is 25.3 Å². The standard InChI is InChI=1S/C16H16BrNO3S/c17-12-8-6-11(7-9-12)15(16(20)21)18-14(19)5-1-3-13-4-2-10-22-13/h2,4,6-10,15H,1,3,5H2,(H,18,19)(H,20,21). The van der Waals surface area contributed by atoms with Gasteiger partial charge in [-0.2, -0.15) is 0 Å². The minimum absolute atomic E-state index is 0.244. The number of nitrogens with one attached hydrogen (secondary N) is 1. The highest BCUT2D eigenvalue weighted by molar-refractivity contribution is 9.10. The molecule has 4 nitrogen and oxygen atoms in total. The van der Waals surface area contributed by atoms with Crippen molar-refractivity contribution in [2.24, 2.45) is 0 Å². The Labute approximate surface area is 141 Å². The monoisotopic (exact) mass is 381 g/mol. The number of aryl methyl sites for hydroxylation is 1. The molecule has 116 valence electrons. The van der Waals surface area contributed by atoms with Gasteiger partial charge in [0, 0.05) is 15.8 Å². The van der Waals surface area contributed by atoms with E-state index in [2.05, 4.69) is 21.2 Å². The summed E-state index contributed by atoms with van der Waals surface area (Å²) in [6.07, 6.45) is 1.86. The van der Waals surface area contributed by atoms with E-state index in [-0.39, 0.29) is 5.91 Å². The molecule has 1 aromatic carbocycles. The van der Waals surface area contributed by atoms with Crippen LogP contribution in [0.3, 0.4) is 0 Å². The van der Waals surface area contributed by atoms with Gasteiger partial charge in [-0.1, -0.05) is 34.1 Å². The second kappa shape index (κ2) is 8.10. The largest absolute Gasteiger partial charge is 0.479 e. The van der Waals surface area contributed by atoms with E-state index < -0.39 is 12.0 Å². The summed E-state index contributed by atoms with van der Waals surface area (Å²) in [5.74, 6) is -1.30. The van der Waals surface area contributed by atoms with Crippen LogP contribution in [-0.4, -0.2) is 17.0 Å². The Balaban J connectivity index is 1.88. The lowest BCUT2D eigenvalue weighted by molar-refractivity contribution is -0.142. The number of aliphatic carboxylic acids is 1. The average molecular weight is 382 g/mol. The Bertz CT molecular complexity index is 625. The zero-order valence-corrected chi connectivity index (χ0v) is 14.2. The van der Waals surface area contributed by atoms with Gasteiger partial charge < -0.3 is 10.4 Å². The van der Waals surface area contributed by atoms with Crippen LogP contribution in [0, 0.1) is 0 Å². The van der Waals surface area contributed by atoms with Gasteiger partial charge in [-0.25, -0.2) is 4.79 Å². The van der Waals surface area contributed by atoms with E-state index in [1.165, 1.54) is 4.88 Å². The lowest BCUT2D eigenvalue weighted by Gasteiger charge is -2.15. The van der Waals surface area contributed by atoms with Gasteiger partial charge in [-0.05, 0) is 42.0 Å². The molecule has 22 heavy (non-hydrogen) atoms. The second-order valence-corrected chi connectivity index (χ2v) is 6.77. The highest BCUT2D eigenvalue weighted by Crippen LogP contribution is 2.18. The van der Waals surface area contributed by atoms with E-state index in [4.69, 9.17) is 0 Å². The number of carbonyl (C=O) groups is 2. The smallest absolute Gasteiger partial charge is 0.330 e. The average Bonchev–Trinajstić information content (AvgIpc) is 2.99. The molecule has 1 amide bonds. The van der Waals surface area contributed by atoms with Crippen LogP contribution in [0.15, 0.2) is 46.3 Å². The molecule has 1 aromatic heterocycles. The van der Waals surface area contributed by atoms with Crippen LogP contribution in [0.4, 0.5) is 0 Å². The van der Waals surface area contributed by atoms with E-state index in [0.717, 1.165) is 10.9 Å². The summed E-state index contributed by atoms with van der Waals surface area (Å²) in [5.41, 5.74) is 0.558. The molecule has 0 bridgehead atoms. The zero-order valence-electron chi connectivity index (χ0n) is 11.8. The SMILES string of the molecule is O=C(CCCc1cccs1)NC(C(=O)O)c1ccc(Br)cc1. The van der Waals surface area contributed by atoms with Crippen molar-refractivity contribution >= 4 is 39.1 Å². The van der Waals surface area contributed by atoms with Crippen molar-refractivity contribution < 1.29 is 14.7 Å². The van der Waals surface area contributed by atoms with Gasteiger partial charge in [0.2, 0.25) is 5.91 Å². The number of carboxylic acids is 1. The molecule has 2 rings (SSSR count). The fourth-order valence-electron chi connectivity index (χ4n) is 2.05. The van der Waals surface area contributed by atoms with Crippen molar-refractivity contribution in [3.05, 3.63) is 56.7 Å². The van der Waals surface area contributed by atoms with Gasteiger partial charge in [0.05, 0.1) is 0 Å². The molecule has 6 heteroatoms. The van der Waals surface area contributed by atoms with Crippen LogP contribution in [-0.2, 0) is 16.0 Å². The molecular formula is C16H16BrNO3S. The van der Waals surface area contributed by atoms with Crippen molar-refractivity contribution in [3.8, 4) is 0 Å². The minimum Gasteiger partial charge on any atom is -0.479 e. The molecule has 0 aliphatic heterocycles. The molecular weight excluding hydrogens is 366 g/mol. The van der Waals surface area contributed by atoms with Crippen LogP contribution < -0.4 is 5.32 Å². The Kier molecular flexibility index (Phi) is 6.15. The molecule has 0 aliphatic rings. The van der Waals surface area contributed by atoms with E-state index in [9.17, 15) is 14.7 Å². The number of rotatable bonds is 7. The third kappa shape index (κ3) is 4.96. The summed E-state index contributed by atoms with van der Waals surface area (Å²) < 4.78 is 0.864. The Morgan fingerprint density at radius 1 is 1.23 bits per heavy atom. The Morgan fingerprint density at radius 2 is 1.95 bits per heavy atom. The first-order valence-electron chi connectivity index (χ1n) is 6.86. The molecule has 2 aromatic rings. The number of hydrogen-bond acceptors (Lipinski definition) is 3. The number of halogens is 1. The van der Waals surface area contributed by atoms with Gasteiger partial charge in [0.1, 0.15) is 0 Å². The quantitative estimate of drug-likeness (QED) is 0.766. The van der Waals surface area contributed by atoms with Crippen molar-refractivity contribution in [2.75, 3.05) is 0 Å². The molecule has 0 saturated heterocycles. The number of carbonyl (C=O) groups excluding carboxylic acids is 1. The lowest BCUT2D eigenvalue weighted by atomic mass is 10.1. The topological polar surface area (TPSA) is 66.4 Å². The highest BCUT2D eigenvalue weighted by Gasteiger charge is 2.21. The van der Waals surface area contributed by atoms with E-state index in [0.29, 0.717) is 18.4 Å². The van der Waals surface area contributed by atoms with Gasteiger partial charge in [-0.15, -0.1) is 11.3 Å². The van der Waals surface area contributed by atoms with Crippen LogP contribution in [0.25, 0.3) is 0 Å². The molecule has 0 saturated carbocycles. The van der Waals surface area contributed by atoms with Crippen LogP contribution >= 0.6 is 27.3 Å². The number of amides is 1. The summed E-state index contributed by atoms with van der Waals surface area (Å²) in [4.78, 5) is 24.5. The first kappa shape index (κ1) is 16.7. The Hall–Kier alpha value is -1.66. The summed E-state index contributed by atoms with van der Waals surface area (Å²) >= 11 is 4.96. The predicted octanol–water partition coefficient (Wildman–Crippen LogP) is 3.78. The predicted molar refractivity (Wildman–Crippen MR) is 89.9 cm³/mol. The third-order valence-corrected chi connectivity index (χ3v) is 4.63. The maximum atomic E-state index is 11.9. The molecule has 0 spiro atoms. The maximum Gasteiger partial charge on any atom is 0.330 e. The Morgan fingerprint density at radius 3 is 2.55 bits per heavy atom. The first-order valence-corrected chi connectivity index (χ1v) is 8.53. The summed E-state index contributed by atoms with van der Waals surface area (Å²) in [6.45, 7) is 0. The summed E-state index contributed by atoms with van der Waals surface area (Å²) in [5, 5.41) is 13.9. The molecule has 1 heterocycles. The minimum atomic E-state index is -1.06. The van der Waals surface area contributed by atoms with Gasteiger partial charge in [0.15, 0.2) is 6.04 Å². The normalized spacial score (nSPS) is 11.9. The first-order chi connectivity index (χ1) is 10.6. The van der Waals surface area contributed by atoms with Crippen molar-refractivity contribution in [3.63, 3.8) is 0 Å². The van der Waals surface area contributed by atoms with E-state index in [1.54, 1.807) is 35.6 Å². The van der Waals surface area contributed by atoms with Gasteiger partial charge in [0.25, 0.3) is 0 Å². The van der Waals surface area contributed by atoms with Gasteiger partial charge in [-0.3, -0.25) is 4.79 Å². The highest BCUT2D eigenvalue weighted by atomic mass is 79.9. The fraction of sp³-hybridized carbons (Fsp3) is 0.250. The number of thiophene rings is 1. The molecule has 2 N–H and O–H groups in total. The van der Waals surface area contributed by atoms with Crippen molar-refractivity contribution in [1.82, 2.24) is 5.32 Å². The number of benzene rings is 1. The molecule has 1 unspecified atom stereocenters. The molecule has 0 radical (unpaired) electrons. The third-order valence-electron chi connectivity index (χ3n) is 3.16. The molecule has 1 atom stereocenters. The van der Waals surface area contributed by atoms with Crippen LogP contribution in [0.2, 0.25) is 0 Å². The maximum absolute atomic E-state index is 11.9. The van der Waals surface area contributed by atoms with E-state index in [1.807, 2.05) is 17.5 Å². The number of hydrogen-bond donors (Lipinski definition) is 2. The molecule has 0 fully saturated rings. The molecule has 0 aliphatic carbocycles. The van der Waals surface area contributed by atoms with Crippen LogP contribution in [0.1, 0.15) is 29.3 Å². The van der Waals surface area contributed by atoms with Crippen LogP contribution in [0.5, 0.6) is 0 Å². The zero-order chi connectivity index (χ0) is 15.9. The summed E-state index contributed by atoms with van der Waals surface area (Å²) in [7, 11) is 0. The lowest BCUT2D eigenvalue weighted by Crippen LogP contribution is -2.33. The van der Waals surface area contributed by atoms with Crippen molar-refractivity contribution in [1.29, 1.82) is 0 Å². The second-order valence-electron chi connectivity index (χ2n) is 4.82. The number of carboxylic acid groups (broad SMARTS) is 1. The fourth-order valence-corrected chi connectivity index (χ4v) is 3.07. The summed E-state index contributed by atoms with van der Waals surface area (Å²) in [6, 6.07) is 9.90. The van der Waals surface area contributed by atoms with E-state index >= 15 is 0 Å².